The number of rotatable bonds is 4. The van der Waals surface area contributed by atoms with Crippen LogP contribution in [0.3, 0.4) is 0 Å². The Morgan fingerprint density at radius 2 is 2.09 bits per heavy atom. The summed E-state index contributed by atoms with van der Waals surface area (Å²) in [6.07, 6.45) is 2.05. The Bertz CT molecular complexity index is 128. The summed E-state index contributed by atoms with van der Waals surface area (Å²) < 4.78 is 5.44. The molecular formula is C9H18O2. The first kappa shape index (κ1) is 9.01. The van der Waals surface area contributed by atoms with E-state index >= 15 is 0 Å². The molecule has 0 amide bonds. The average molecular weight is 158 g/mol. The summed E-state index contributed by atoms with van der Waals surface area (Å²) in [5.74, 6) is 0.497. The second-order valence-electron chi connectivity index (χ2n) is 3.82. The van der Waals surface area contributed by atoms with Crippen molar-refractivity contribution in [2.75, 3.05) is 6.61 Å². The Morgan fingerprint density at radius 3 is 2.45 bits per heavy atom. The molecule has 0 saturated heterocycles. The summed E-state index contributed by atoms with van der Waals surface area (Å²) >= 11 is 0. The van der Waals surface area contributed by atoms with Crippen LogP contribution < -0.4 is 0 Å². The van der Waals surface area contributed by atoms with Gasteiger partial charge >= 0.3 is 0 Å². The molecule has 1 rings (SSSR count). The van der Waals surface area contributed by atoms with E-state index in [4.69, 9.17) is 4.74 Å². The predicted molar refractivity (Wildman–Crippen MR) is 44.4 cm³/mol. The van der Waals surface area contributed by atoms with Crippen molar-refractivity contribution in [3.63, 3.8) is 0 Å². The van der Waals surface area contributed by atoms with Gasteiger partial charge < -0.3 is 9.84 Å². The number of ether oxygens (including phenoxy) is 1. The maximum Gasteiger partial charge on any atom is 0.0886 e. The highest BCUT2D eigenvalue weighted by atomic mass is 16.5. The lowest BCUT2D eigenvalue weighted by Gasteiger charge is -2.30. The van der Waals surface area contributed by atoms with Crippen molar-refractivity contribution >= 4 is 0 Å². The molecule has 0 aliphatic heterocycles. The molecule has 1 saturated carbocycles. The molecule has 0 spiro atoms. The minimum Gasteiger partial charge on any atom is -0.390 e. The highest BCUT2D eigenvalue weighted by Crippen LogP contribution is 2.38. The van der Waals surface area contributed by atoms with E-state index in [1.54, 1.807) is 0 Å². The third-order valence-electron chi connectivity index (χ3n) is 2.30. The summed E-state index contributed by atoms with van der Waals surface area (Å²) in [5, 5.41) is 9.72. The van der Waals surface area contributed by atoms with Gasteiger partial charge in [0.25, 0.3) is 0 Å². The molecule has 11 heavy (non-hydrogen) atoms. The zero-order valence-corrected chi connectivity index (χ0v) is 7.63. The summed E-state index contributed by atoms with van der Waals surface area (Å²) in [4.78, 5) is 0. The molecule has 1 fully saturated rings. The Kier molecular flexibility index (Phi) is 2.55. The largest absolute Gasteiger partial charge is 0.390 e. The molecule has 0 heterocycles. The van der Waals surface area contributed by atoms with E-state index in [1.165, 1.54) is 0 Å². The second kappa shape index (κ2) is 3.11. The van der Waals surface area contributed by atoms with Crippen molar-refractivity contribution < 1.29 is 9.84 Å². The van der Waals surface area contributed by atoms with Gasteiger partial charge in [-0.3, -0.25) is 0 Å². The van der Waals surface area contributed by atoms with Crippen molar-refractivity contribution in [1.29, 1.82) is 0 Å². The molecule has 66 valence electrons. The first-order valence-corrected chi connectivity index (χ1v) is 4.40. The molecule has 0 bridgehead atoms. The lowest BCUT2D eigenvalue weighted by molar-refractivity contribution is -0.104. The molecule has 1 aliphatic rings. The van der Waals surface area contributed by atoms with Crippen molar-refractivity contribution in [3.8, 4) is 0 Å². The lowest BCUT2D eigenvalue weighted by atomic mass is 9.97. The van der Waals surface area contributed by atoms with Crippen LogP contribution in [0.5, 0.6) is 0 Å². The molecule has 0 aromatic heterocycles. The molecule has 1 N–H and O–H groups in total. The van der Waals surface area contributed by atoms with E-state index in [2.05, 4.69) is 0 Å². The average Bonchev–Trinajstić information content (AvgIpc) is 2.67. The van der Waals surface area contributed by atoms with Crippen LogP contribution in [0.4, 0.5) is 0 Å². The highest BCUT2D eigenvalue weighted by molar-refractivity contribution is 4.91. The SMILES string of the molecule is CCOC(C)(C)C(O)C1CC1. The van der Waals surface area contributed by atoms with Gasteiger partial charge in [0.1, 0.15) is 0 Å². The molecule has 0 aromatic rings. The lowest BCUT2D eigenvalue weighted by Crippen LogP contribution is -2.40. The van der Waals surface area contributed by atoms with Crippen molar-refractivity contribution in [3.05, 3.63) is 0 Å². The minimum atomic E-state index is -0.351. The third kappa shape index (κ3) is 2.17. The monoisotopic (exact) mass is 158 g/mol. The molecule has 2 nitrogen and oxygen atoms in total. The van der Waals surface area contributed by atoms with Gasteiger partial charge in [0, 0.05) is 6.61 Å². The van der Waals surface area contributed by atoms with Crippen LogP contribution >= 0.6 is 0 Å². The van der Waals surface area contributed by atoms with Crippen LogP contribution in [0.25, 0.3) is 0 Å². The molecule has 0 radical (unpaired) electrons. The second-order valence-corrected chi connectivity index (χ2v) is 3.82. The quantitative estimate of drug-likeness (QED) is 0.673. The third-order valence-corrected chi connectivity index (χ3v) is 2.30. The predicted octanol–water partition coefficient (Wildman–Crippen LogP) is 1.57. The molecule has 1 aliphatic carbocycles. The zero-order valence-electron chi connectivity index (χ0n) is 7.63. The Balaban J connectivity index is 2.40. The Morgan fingerprint density at radius 1 is 1.55 bits per heavy atom. The van der Waals surface area contributed by atoms with Gasteiger partial charge in [-0.25, -0.2) is 0 Å². The minimum absolute atomic E-state index is 0.276. The topological polar surface area (TPSA) is 29.5 Å². The summed E-state index contributed by atoms with van der Waals surface area (Å²) in [6, 6.07) is 0. The fourth-order valence-electron chi connectivity index (χ4n) is 1.44. The number of hydrogen-bond acceptors (Lipinski definition) is 2. The van der Waals surface area contributed by atoms with Gasteiger partial charge in [0.15, 0.2) is 0 Å². The fourth-order valence-corrected chi connectivity index (χ4v) is 1.44. The number of aliphatic hydroxyl groups is 1. The standard InChI is InChI=1S/C9H18O2/c1-4-11-9(2,3)8(10)7-5-6-7/h7-8,10H,4-6H2,1-3H3. The first-order chi connectivity index (χ1) is 5.08. The van der Waals surface area contributed by atoms with E-state index < -0.39 is 0 Å². The molecular weight excluding hydrogens is 140 g/mol. The first-order valence-electron chi connectivity index (χ1n) is 4.40. The van der Waals surface area contributed by atoms with Crippen LogP contribution in [0.2, 0.25) is 0 Å². The van der Waals surface area contributed by atoms with E-state index in [0.29, 0.717) is 12.5 Å². The van der Waals surface area contributed by atoms with Crippen LogP contribution in [0.15, 0.2) is 0 Å². The van der Waals surface area contributed by atoms with E-state index in [9.17, 15) is 5.11 Å². The van der Waals surface area contributed by atoms with Crippen LogP contribution in [0.1, 0.15) is 33.6 Å². The Hall–Kier alpha value is -0.0800. The molecule has 1 unspecified atom stereocenters. The number of aliphatic hydroxyl groups excluding tert-OH is 1. The van der Waals surface area contributed by atoms with Gasteiger partial charge in [0.05, 0.1) is 11.7 Å². The smallest absolute Gasteiger partial charge is 0.0886 e. The number of hydrogen-bond donors (Lipinski definition) is 1. The Labute approximate surface area is 68.6 Å². The van der Waals surface area contributed by atoms with Gasteiger partial charge in [-0.15, -0.1) is 0 Å². The van der Waals surface area contributed by atoms with Gasteiger partial charge in [-0.2, -0.15) is 0 Å². The normalized spacial score (nSPS) is 21.8. The van der Waals surface area contributed by atoms with Crippen molar-refractivity contribution in [2.45, 2.75) is 45.3 Å². The highest BCUT2D eigenvalue weighted by Gasteiger charge is 2.40. The van der Waals surface area contributed by atoms with Gasteiger partial charge in [-0.05, 0) is 39.5 Å². The summed E-state index contributed by atoms with van der Waals surface area (Å²) in [6.45, 7) is 6.55. The van der Waals surface area contributed by atoms with E-state index in [1.807, 2.05) is 20.8 Å². The fraction of sp³-hybridized carbons (Fsp3) is 1.00. The van der Waals surface area contributed by atoms with E-state index in [-0.39, 0.29) is 11.7 Å². The molecule has 0 aromatic carbocycles. The van der Waals surface area contributed by atoms with Crippen LogP contribution in [0, 0.1) is 5.92 Å². The maximum absolute atomic E-state index is 9.72. The van der Waals surface area contributed by atoms with Crippen LogP contribution in [-0.4, -0.2) is 23.4 Å². The van der Waals surface area contributed by atoms with Gasteiger partial charge in [0.2, 0.25) is 0 Å². The zero-order chi connectivity index (χ0) is 8.48. The summed E-state index contributed by atoms with van der Waals surface area (Å²) in [5.41, 5.74) is -0.351. The van der Waals surface area contributed by atoms with Crippen molar-refractivity contribution in [2.24, 2.45) is 5.92 Å². The summed E-state index contributed by atoms with van der Waals surface area (Å²) in [7, 11) is 0. The molecule has 2 heteroatoms. The van der Waals surface area contributed by atoms with E-state index in [0.717, 1.165) is 12.8 Å². The van der Waals surface area contributed by atoms with Gasteiger partial charge in [-0.1, -0.05) is 0 Å². The molecule has 1 atom stereocenters. The maximum atomic E-state index is 9.72. The van der Waals surface area contributed by atoms with Crippen molar-refractivity contribution in [1.82, 2.24) is 0 Å². The van der Waals surface area contributed by atoms with Crippen LogP contribution in [-0.2, 0) is 4.74 Å².